The Kier molecular flexibility index (Phi) is 13.2. The van der Waals surface area contributed by atoms with Crippen LogP contribution in [0.3, 0.4) is 0 Å². The summed E-state index contributed by atoms with van der Waals surface area (Å²) in [4.78, 5) is 28.1. The fraction of sp³-hybridized carbons (Fsp3) is 0.431. The van der Waals surface area contributed by atoms with Crippen LogP contribution in [0, 0.1) is 0 Å². The Morgan fingerprint density at radius 2 is 1.57 bits per heavy atom. The molecule has 0 aromatic heterocycles. The van der Waals surface area contributed by atoms with E-state index >= 15 is 0 Å². The molecule has 0 bridgehead atoms. The van der Waals surface area contributed by atoms with Crippen molar-refractivity contribution in [3.8, 4) is 0 Å². The monoisotopic (exact) mass is 801 g/mol. The number of nitrogens with zero attached hydrogens (tertiary/aromatic N) is 2. The number of carbonyl (C=O) groups excluding carboxylic acids is 2. The van der Waals surface area contributed by atoms with Crippen molar-refractivity contribution in [3.63, 3.8) is 0 Å². The largest absolute Gasteiger partial charge is 0.460 e. The second kappa shape index (κ2) is 17.8. The fourth-order valence-electron chi connectivity index (χ4n) is 8.53. The van der Waals surface area contributed by atoms with Gasteiger partial charge in [0, 0.05) is 51.7 Å². The Morgan fingerprint density at radius 1 is 0.862 bits per heavy atom. The van der Waals surface area contributed by atoms with Crippen LogP contribution in [0.4, 0.5) is 11.4 Å². The lowest BCUT2D eigenvalue weighted by molar-refractivity contribution is -0.442. The highest BCUT2D eigenvalue weighted by Crippen LogP contribution is 2.48. The summed E-state index contributed by atoms with van der Waals surface area (Å²) in [6.45, 7) is 22.0. The Hall–Kier alpha value is -4.52. The predicted octanol–water partition coefficient (Wildman–Crippen LogP) is 12.1. The van der Waals surface area contributed by atoms with Crippen molar-refractivity contribution in [1.29, 1.82) is 0 Å². The van der Waals surface area contributed by atoms with Gasteiger partial charge in [0.2, 0.25) is 5.69 Å². The number of ether oxygens (including phenoxy) is 2. The minimum Gasteiger partial charge on any atom is -0.460 e. The summed E-state index contributed by atoms with van der Waals surface area (Å²) in [5.41, 5.74) is 10.7. The third-order valence-corrected chi connectivity index (χ3v) is 12.5. The van der Waals surface area contributed by atoms with Gasteiger partial charge >= 0.3 is 5.97 Å². The van der Waals surface area contributed by atoms with E-state index in [1.165, 1.54) is 29.4 Å². The van der Waals surface area contributed by atoms with E-state index in [1.807, 2.05) is 12.1 Å². The first-order valence-electron chi connectivity index (χ1n) is 21.1. The maximum atomic E-state index is 13.4. The standard InChI is InChI=1S/C51H62ClN2O4/c1-10-11-29-57-30-27-53-43-21-14-12-19-41(43)50(6,7)45(53)25-23-36-17-16-18-37(47(36)52)24-26-46-51(8,9)42-20-13-15-22-44(42)54(46)28-31-58-48(56)39-32-38(35(2)55)33-40(34-39)49(3,4)5/h12-15,19-26,32-34H,10-11,16-18,27-31H2,1-9H3/q+1. The van der Waals surface area contributed by atoms with Crippen LogP contribution >= 0.6 is 11.6 Å². The molecule has 0 radical (unpaired) electrons. The number of Topliss-reactive ketones (excluding diaryl/α,β-unsaturated/α-hetero) is 1. The molecule has 2 heterocycles. The van der Waals surface area contributed by atoms with Crippen LogP contribution in [-0.4, -0.2) is 54.9 Å². The number of anilines is 1. The highest BCUT2D eigenvalue weighted by molar-refractivity contribution is 6.32. The Balaban J connectivity index is 1.25. The number of allylic oxidation sites excluding steroid dienone is 8. The number of para-hydroxylation sites is 2. The number of fused-ring (bicyclic) bond motifs is 2. The van der Waals surface area contributed by atoms with Gasteiger partial charge < -0.3 is 14.4 Å². The van der Waals surface area contributed by atoms with Crippen molar-refractivity contribution in [3.05, 3.63) is 141 Å². The molecule has 0 fully saturated rings. The third-order valence-electron chi connectivity index (χ3n) is 12.0. The Bertz CT molecular complexity index is 2210. The van der Waals surface area contributed by atoms with Crippen molar-refractivity contribution in [1.82, 2.24) is 0 Å². The van der Waals surface area contributed by atoms with Crippen LogP contribution in [0.15, 0.2) is 113 Å². The van der Waals surface area contributed by atoms with Crippen LogP contribution in [0.1, 0.15) is 132 Å². The number of hydrogen-bond acceptors (Lipinski definition) is 5. The number of unbranched alkanes of at least 4 members (excludes halogenated alkanes) is 1. The lowest BCUT2D eigenvalue weighted by atomic mass is 9.81. The van der Waals surface area contributed by atoms with Crippen molar-refractivity contribution in [2.24, 2.45) is 0 Å². The van der Waals surface area contributed by atoms with Crippen molar-refractivity contribution in [2.75, 3.05) is 37.8 Å². The van der Waals surface area contributed by atoms with Crippen LogP contribution < -0.4 is 4.90 Å². The van der Waals surface area contributed by atoms with Gasteiger partial charge in [-0.15, -0.1) is 0 Å². The number of benzene rings is 3. The van der Waals surface area contributed by atoms with E-state index in [1.54, 1.807) is 6.07 Å². The number of carbonyl (C=O) groups is 2. The quantitative estimate of drug-likeness (QED) is 0.0703. The topological polar surface area (TPSA) is 58.9 Å². The molecule has 58 heavy (non-hydrogen) atoms. The zero-order chi connectivity index (χ0) is 41.8. The number of ketones is 1. The fourth-order valence-corrected chi connectivity index (χ4v) is 8.84. The van der Waals surface area contributed by atoms with E-state index in [0.717, 1.165) is 78.4 Å². The Labute approximate surface area is 352 Å². The zero-order valence-corrected chi connectivity index (χ0v) is 36.9. The average molecular weight is 803 g/mol. The molecule has 0 saturated heterocycles. The van der Waals surface area contributed by atoms with E-state index in [9.17, 15) is 9.59 Å². The molecule has 3 aromatic rings. The number of rotatable bonds is 14. The lowest BCUT2D eigenvalue weighted by Gasteiger charge is -2.27. The van der Waals surface area contributed by atoms with Crippen LogP contribution in [0.5, 0.6) is 0 Å². The summed E-state index contributed by atoms with van der Waals surface area (Å²) in [5.74, 6) is -0.511. The van der Waals surface area contributed by atoms with E-state index in [4.69, 9.17) is 21.1 Å². The summed E-state index contributed by atoms with van der Waals surface area (Å²) >= 11 is 7.29. The molecule has 6 rings (SSSR count). The summed E-state index contributed by atoms with van der Waals surface area (Å²) in [6.07, 6.45) is 14.0. The summed E-state index contributed by atoms with van der Waals surface area (Å²) < 4.78 is 14.4. The number of hydrogen-bond donors (Lipinski definition) is 0. The third kappa shape index (κ3) is 9.04. The molecule has 7 heteroatoms. The van der Waals surface area contributed by atoms with E-state index in [-0.39, 0.29) is 28.6 Å². The molecule has 2 aliphatic heterocycles. The number of esters is 1. The van der Waals surface area contributed by atoms with Crippen molar-refractivity contribution >= 4 is 40.4 Å². The van der Waals surface area contributed by atoms with E-state index in [0.29, 0.717) is 24.3 Å². The molecule has 0 N–H and O–H groups in total. The van der Waals surface area contributed by atoms with Crippen LogP contribution in [0.25, 0.3) is 0 Å². The first-order chi connectivity index (χ1) is 27.5. The van der Waals surface area contributed by atoms with Gasteiger partial charge in [-0.2, -0.15) is 4.58 Å². The second-order valence-electron chi connectivity index (χ2n) is 17.9. The minimum atomic E-state index is -0.431. The lowest BCUT2D eigenvalue weighted by Crippen LogP contribution is -2.29. The molecule has 0 unspecified atom stereocenters. The van der Waals surface area contributed by atoms with E-state index < -0.39 is 5.97 Å². The summed E-state index contributed by atoms with van der Waals surface area (Å²) in [5, 5.41) is 0.818. The van der Waals surface area contributed by atoms with Gasteiger partial charge in [0.05, 0.1) is 17.5 Å². The van der Waals surface area contributed by atoms with Gasteiger partial charge in [0.15, 0.2) is 18.0 Å². The smallest absolute Gasteiger partial charge is 0.338 e. The van der Waals surface area contributed by atoms with Gasteiger partial charge in [-0.1, -0.05) is 108 Å². The maximum Gasteiger partial charge on any atom is 0.338 e. The molecule has 0 amide bonds. The van der Waals surface area contributed by atoms with Crippen molar-refractivity contribution < 1.29 is 23.6 Å². The molecular weight excluding hydrogens is 740 g/mol. The van der Waals surface area contributed by atoms with Crippen molar-refractivity contribution in [2.45, 2.75) is 111 Å². The highest BCUT2D eigenvalue weighted by Gasteiger charge is 2.44. The molecule has 3 aromatic carbocycles. The van der Waals surface area contributed by atoms with Gasteiger partial charge in [0.25, 0.3) is 0 Å². The molecular formula is C51H62ClN2O4+. The predicted molar refractivity (Wildman–Crippen MR) is 239 cm³/mol. The van der Waals surface area contributed by atoms with Gasteiger partial charge in [0.1, 0.15) is 13.2 Å². The molecule has 306 valence electrons. The van der Waals surface area contributed by atoms with Crippen LogP contribution in [-0.2, 0) is 25.7 Å². The minimum absolute atomic E-state index is 0.0793. The SMILES string of the molecule is CCCCOCC[N+]1=C(C=CC2=C(Cl)C(=CC=C3N(CCOC(=O)c4cc(C(C)=O)cc(C(C)(C)C)c4)c4ccccc4C3(C)C)CCC2)C(C)(C)c2ccccc21. The number of halogens is 1. The summed E-state index contributed by atoms with van der Waals surface area (Å²) in [6, 6.07) is 22.5. The normalized spacial score (nSPS) is 18.8. The highest BCUT2D eigenvalue weighted by atomic mass is 35.5. The first-order valence-corrected chi connectivity index (χ1v) is 21.4. The van der Waals surface area contributed by atoms with Gasteiger partial charge in [-0.25, -0.2) is 4.79 Å². The molecule has 0 spiro atoms. The first kappa shape index (κ1) is 43.1. The second-order valence-corrected chi connectivity index (χ2v) is 18.3. The van der Waals surface area contributed by atoms with E-state index in [2.05, 4.69) is 138 Å². The molecule has 6 nitrogen and oxygen atoms in total. The Morgan fingerprint density at radius 3 is 2.29 bits per heavy atom. The average Bonchev–Trinajstić information content (AvgIpc) is 3.54. The van der Waals surface area contributed by atoms with Gasteiger partial charge in [-0.3, -0.25) is 4.79 Å². The molecule has 0 atom stereocenters. The van der Waals surface area contributed by atoms with Gasteiger partial charge in [-0.05, 0) is 104 Å². The maximum absolute atomic E-state index is 13.4. The molecule has 0 saturated carbocycles. The molecule has 1 aliphatic carbocycles. The summed E-state index contributed by atoms with van der Waals surface area (Å²) in [7, 11) is 0. The van der Waals surface area contributed by atoms with Crippen LogP contribution in [0.2, 0.25) is 0 Å². The molecule has 3 aliphatic rings. The zero-order valence-electron chi connectivity index (χ0n) is 36.1.